The van der Waals surface area contributed by atoms with Crippen LogP contribution < -0.4 is 0 Å². The highest BCUT2D eigenvalue weighted by Crippen LogP contribution is 2.43. The molecule has 0 unspecified atom stereocenters. The summed E-state index contributed by atoms with van der Waals surface area (Å²) in [5, 5.41) is 0. The van der Waals surface area contributed by atoms with Gasteiger partial charge in [-0.15, -0.1) is 0 Å². The first-order valence-electron chi connectivity index (χ1n) is 5.55. The summed E-state index contributed by atoms with van der Waals surface area (Å²) in [7, 11) is 2.33. The molecule has 1 aliphatic heterocycles. The molecule has 1 saturated heterocycles. The standard InChI is InChI=1S/C13H11BrO6/c1-17-11(15)10(12(16)18-2)7-13(19-20-13)8-3-5-9(14)6-4-8/h3-7H,1-2H3. The monoisotopic (exact) mass is 342 g/mol. The molecule has 1 aromatic carbocycles. The lowest BCUT2D eigenvalue weighted by Crippen LogP contribution is -2.19. The molecule has 0 saturated carbocycles. The molecule has 0 radical (unpaired) electrons. The minimum atomic E-state index is -1.27. The molecule has 0 aromatic heterocycles. The summed E-state index contributed by atoms with van der Waals surface area (Å²) >= 11 is 3.31. The quantitative estimate of drug-likeness (QED) is 0.207. The lowest BCUT2D eigenvalue weighted by atomic mass is 10.0. The summed E-state index contributed by atoms with van der Waals surface area (Å²) in [5.74, 6) is -2.92. The van der Waals surface area contributed by atoms with Crippen LogP contribution >= 0.6 is 15.9 Å². The van der Waals surface area contributed by atoms with E-state index in [-0.39, 0.29) is 5.57 Å². The Morgan fingerprint density at radius 2 is 1.60 bits per heavy atom. The third-order valence-corrected chi connectivity index (χ3v) is 3.18. The zero-order valence-electron chi connectivity index (χ0n) is 10.7. The second kappa shape index (κ2) is 5.74. The number of rotatable bonds is 4. The molecule has 106 valence electrons. The van der Waals surface area contributed by atoms with Crippen LogP contribution in [0.25, 0.3) is 0 Å². The molecule has 20 heavy (non-hydrogen) atoms. The van der Waals surface area contributed by atoms with Gasteiger partial charge in [0.15, 0.2) is 0 Å². The van der Waals surface area contributed by atoms with Crippen molar-refractivity contribution in [1.29, 1.82) is 0 Å². The molecule has 2 rings (SSSR count). The molecular weight excluding hydrogens is 332 g/mol. The Morgan fingerprint density at radius 1 is 1.10 bits per heavy atom. The first-order valence-corrected chi connectivity index (χ1v) is 6.34. The van der Waals surface area contributed by atoms with Crippen molar-refractivity contribution in [2.45, 2.75) is 5.79 Å². The molecule has 0 N–H and O–H groups in total. The van der Waals surface area contributed by atoms with Gasteiger partial charge in [-0.05, 0) is 12.1 Å². The Bertz CT molecular complexity index is 541. The lowest BCUT2D eigenvalue weighted by Gasteiger charge is -2.06. The Kier molecular flexibility index (Phi) is 4.22. The van der Waals surface area contributed by atoms with Gasteiger partial charge in [-0.25, -0.2) is 9.59 Å². The summed E-state index contributed by atoms with van der Waals surface area (Å²) in [6.07, 6.45) is 1.23. The number of hydrogen-bond donors (Lipinski definition) is 0. The van der Waals surface area contributed by atoms with Crippen LogP contribution in [0.2, 0.25) is 0 Å². The van der Waals surface area contributed by atoms with E-state index < -0.39 is 17.7 Å². The highest BCUT2D eigenvalue weighted by Gasteiger charge is 2.50. The van der Waals surface area contributed by atoms with Gasteiger partial charge in [-0.2, -0.15) is 9.78 Å². The van der Waals surface area contributed by atoms with Crippen LogP contribution in [-0.4, -0.2) is 26.2 Å². The van der Waals surface area contributed by atoms with Gasteiger partial charge in [-0.3, -0.25) is 0 Å². The Labute approximate surface area is 123 Å². The third kappa shape index (κ3) is 2.90. The Balaban J connectivity index is 2.37. The number of benzene rings is 1. The predicted octanol–water partition coefficient (Wildman–Crippen LogP) is 1.84. The van der Waals surface area contributed by atoms with Crippen molar-refractivity contribution in [3.63, 3.8) is 0 Å². The molecule has 1 fully saturated rings. The van der Waals surface area contributed by atoms with E-state index in [9.17, 15) is 9.59 Å². The maximum atomic E-state index is 11.6. The molecule has 0 aliphatic carbocycles. The first kappa shape index (κ1) is 14.7. The summed E-state index contributed by atoms with van der Waals surface area (Å²) in [6, 6.07) is 7.04. The largest absolute Gasteiger partial charge is 0.465 e. The number of hydrogen-bond acceptors (Lipinski definition) is 6. The molecule has 0 spiro atoms. The van der Waals surface area contributed by atoms with Gasteiger partial charge in [0.25, 0.3) is 5.79 Å². The van der Waals surface area contributed by atoms with Gasteiger partial charge in [-0.1, -0.05) is 28.1 Å². The molecule has 6 nitrogen and oxygen atoms in total. The fraction of sp³-hybridized carbons (Fsp3) is 0.231. The van der Waals surface area contributed by atoms with Crippen molar-refractivity contribution in [3.05, 3.63) is 46.0 Å². The van der Waals surface area contributed by atoms with E-state index in [0.717, 1.165) is 4.47 Å². The first-order chi connectivity index (χ1) is 9.52. The Hall–Kier alpha value is -1.70. The summed E-state index contributed by atoms with van der Waals surface area (Å²) in [4.78, 5) is 33.1. The van der Waals surface area contributed by atoms with Gasteiger partial charge < -0.3 is 9.47 Å². The fourth-order valence-corrected chi connectivity index (χ4v) is 1.83. The van der Waals surface area contributed by atoms with Crippen LogP contribution in [0.3, 0.4) is 0 Å². The number of esters is 2. The van der Waals surface area contributed by atoms with Crippen LogP contribution in [-0.2, 0) is 34.6 Å². The smallest absolute Gasteiger partial charge is 0.345 e. The van der Waals surface area contributed by atoms with Crippen LogP contribution in [0.1, 0.15) is 5.56 Å². The van der Waals surface area contributed by atoms with Crippen LogP contribution in [0.15, 0.2) is 40.4 Å². The van der Waals surface area contributed by atoms with Gasteiger partial charge in [0.05, 0.1) is 14.2 Å². The van der Waals surface area contributed by atoms with E-state index in [0.29, 0.717) is 5.56 Å². The van der Waals surface area contributed by atoms with Gasteiger partial charge >= 0.3 is 11.9 Å². The number of ether oxygens (including phenoxy) is 2. The van der Waals surface area contributed by atoms with Crippen molar-refractivity contribution in [2.75, 3.05) is 14.2 Å². The zero-order chi connectivity index (χ0) is 14.8. The number of carbonyl (C=O) groups excluding carboxylic acids is 2. The molecule has 1 aromatic rings. The van der Waals surface area contributed by atoms with Crippen LogP contribution in [0.5, 0.6) is 0 Å². The van der Waals surface area contributed by atoms with Gasteiger partial charge in [0.1, 0.15) is 5.57 Å². The Morgan fingerprint density at radius 3 is 2.00 bits per heavy atom. The normalized spacial score (nSPS) is 15.2. The van der Waals surface area contributed by atoms with E-state index in [4.69, 9.17) is 9.78 Å². The molecule has 1 heterocycles. The van der Waals surface area contributed by atoms with E-state index in [1.807, 2.05) is 0 Å². The lowest BCUT2D eigenvalue weighted by molar-refractivity contribution is -0.144. The molecular formula is C13H11BrO6. The zero-order valence-corrected chi connectivity index (χ0v) is 12.3. The molecule has 0 atom stereocenters. The third-order valence-electron chi connectivity index (χ3n) is 2.65. The summed E-state index contributed by atoms with van der Waals surface area (Å²) in [6.45, 7) is 0. The number of methoxy groups -OCH3 is 2. The predicted molar refractivity (Wildman–Crippen MR) is 70.1 cm³/mol. The molecule has 0 bridgehead atoms. The number of carbonyl (C=O) groups is 2. The van der Waals surface area contributed by atoms with Crippen molar-refractivity contribution < 1.29 is 28.8 Å². The minimum absolute atomic E-state index is 0.296. The van der Waals surface area contributed by atoms with Crippen molar-refractivity contribution in [3.8, 4) is 0 Å². The SMILES string of the molecule is COC(=O)C(=CC1(c2ccc(Br)cc2)OO1)C(=O)OC. The molecule has 0 amide bonds. The average molecular weight is 343 g/mol. The van der Waals surface area contributed by atoms with Gasteiger partial charge in [0.2, 0.25) is 0 Å². The van der Waals surface area contributed by atoms with E-state index in [1.54, 1.807) is 24.3 Å². The second-order valence-corrected chi connectivity index (χ2v) is 4.80. The topological polar surface area (TPSA) is 77.7 Å². The minimum Gasteiger partial charge on any atom is -0.465 e. The maximum absolute atomic E-state index is 11.6. The highest BCUT2D eigenvalue weighted by atomic mass is 79.9. The van der Waals surface area contributed by atoms with Crippen molar-refractivity contribution >= 4 is 27.9 Å². The average Bonchev–Trinajstić information content (AvgIpc) is 3.25. The molecule has 7 heteroatoms. The van der Waals surface area contributed by atoms with E-state index >= 15 is 0 Å². The van der Waals surface area contributed by atoms with Crippen molar-refractivity contribution in [1.82, 2.24) is 0 Å². The van der Waals surface area contributed by atoms with E-state index in [1.165, 1.54) is 20.3 Å². The van der Waals surface area contributed by atoms with Crippen molar-refractivity contribution in [2.24, 2.45) is 0 Å². The molecule has 1 aliphatic rings. The van der Waals surface area contributed by atoms with E-state index in [2.05, 4.69) is 25.4 Å². The van der Waals surface area contributed by atoms with Crippen LogP contribution in [0.4, 0.5) is 0 Å². The highest BCUT2D eigenvalue weighted by molar-refractivity contribution is 9.10. The summed E-state index contributed by atoms with van der Waals surface area (Å²) < 4.78 is 9.95. The second-order valence-electron chi connectivity index (χ2n) is 3.88. The van der Waals surface area contributed by atoms with Crippen LogP contribution in [0, 0.1) is 0 Å². The van der Waals surface area contributed by atoms with Gasteiger partial charge in [0, 0.05) is 16.1 Å². The summed E-state index contributed by atoms with van der Waals surface area (Å²) in [5.41, 5.74) is 0.335. The fourth-order valence-electron chi connectivity index (χ4n) is 1.57. The maximum Gasteiger partial charge on any atom is 0.345 e. The number of halogens is 1.